The minimum atomic E-state index is -0.401. The van der Waals surface area contributed by atoms with Crippen LogP contribution in [0.1, 0.15) is 74.7 Å². The van der Waals surface area contributed by atoms with Gasteiger partial charge in [-0.05, 0) is 50.0 Å². The van der Waals surface area contributed by atoms with Crippen molar-refractivity contribution < 1.29 is 23.9 Å². The van der Waals surface area contributed by atoms with Crippen LogP contribution in [-0.2, 0) is 31.9 Å². The zero-order valence-electron chi connectivity index (χ0n) is 17.5. The van der Waals surface area contributed by atoms with Crippen molar-refractivity contribution >= 4 is 34.2 Å². The molecule has 0 saturated heterocycles. The molecule has 1 aromatic rings. The molecule has 1 amide bonds. The van der Waals surface area contributed by atoms with Crippen molar-refractivity contribution in [2.45, 2.75) is 66.7 Å². The SMILES string of the molecule is CCOC(=O)CCC(=O)Nc1sc2c(c1C(=O)OCC)CC[C@@H](C(C)(C)C)C2. The highest BCUT2D eigenvalue weighted by molar-refractivity contribution is 7.17. The third-order valence-electron chi connectivity index (χ3n) is 5.08. The average Bonchev–Trinajstić information content (AvgIpc) is 2.96. The monoisotopic (exact) mass is 409 g/mol. The zero-order valence-corrected chi connectivity index (χ0v) is 18.3. The van der Waals surface area contributed by atoms with E-state index in [1.165, 1.54) is 11.3 Å². The molecule has 0 saturated carbocycles. The molecule has 1 aromatic heterocycles. The maximum Gasteiger partial charge on any atom is 0.341 e. The van der Waals surface area contributed by atoms with Crippen molar-refractivity contribution in [2.75, 3.05) is 18.5 Å². The molecule has 7 heteroatoms. The second-order valence-electron chi connectivity index (χ2n) is 8.09. The Kier molecular flexibility index (Phi) is 7.63. The van der Waals surface area contributed by atoms with Crippen LogP contribution in [0, 0.1) is 11.3 Å². The summed E-state index contributed by atoms with van der Waals surface area (Å²) >= 11 is 1.46. The molecule has 156 valence electrons. The van der Waals surface area contributed by atoms with E-state index in [-0.39, 0.29) is 30.8 Å². The number of hydrogen-bond acceptors (Lipinski definition) is 6. The molecule has 1 heterocycles. The molecule has 0 bridgehead atoms. The fourth-order valence-corrected chi connectivity index (χ4v) is 4.80. The molecular weight excluding hydrogens is 378 g/mol. The fourth-order valence-electron chi connectivity index (χ4n) is 3.47. The Morgan fingerprint density at radius 3 is 2.39 bits per heavy atom. The van der Waals surface area contributed by atoms with Gasteiger partial charge in [0.1, 0.15) is 5.00 Å². The molecule has 2 rings (SSSR count). The van der Waals surface area contributed by atoms with E-state index >= 15 is 0 Å². The summed E-state index contributed by atoms with van der Waals surface area (Å²) < 4.78 is 10.1. The van der Waals surface area contributed by atoms with Crippen LogP contribution < -0.4 is 5.32 Å². The van der Waals surface area contributed by atoms with Crippen LogP contribution >= 0.6 is 11.3 Å². The molecule has 1 N–H and O–H groups in total. The Morgan fingerprint density at radius 2 is 1.79 bits per heavy atom. The molecule has 28 heavy (non-hydrogen) atoms. The van der Waals surface area contributed by atoms with Gasteiger partial charge in [-0.3, -0.25) is 9.59 Å². The maximum atomic E-state index is 12.6. The number of anilines is 1. The number of fused-ring (bicyclic) bond motifs is 1. The average molecular weight is 410 g/mol. The minimum Gasteiger partial charge on any atom is -0.466 e. The maximum absolute atomic E-state index is 12.6. The molecule has 0 fully saturated rings. The summed E-state index contributed by atoms with van der Waals surface area (Å²) in [6, 6.07) is 0. The highest BCUT2D eigenvalue weighted by Crippen LogP contribution is 2.44. The summed E-state index contributed by atoms with van der Waals surface area (Å²) in [6.07, 6.45) is 2.75. The molecule has 6 nitrogen and oxygen atoms in total. The van der Waals surface area contributed by atoms with Gasteiger partial charge in [0.2, 0.25) is 5.91 Å². The van der Waals surface area contributed by atoms with Crippen molar-refractivity contribution in [3.05, 3.63) is 16.0 Å². The number of esters is 2. The van der Waals surface area contributed by atoms with E-state index in [1.54, 1.807) is 13.8 Å². The Bertz CT molecular complexity index is 732. The third kappa shape index (κ3) is 5.56. The number of rotatable bonds is 7. The van der Waals surface area contributed by atoms with Crippen LogP contribution in [0.25, 0.3) is 0 Å². The van der Waals surface area contributed by atoms with Crippen LogP contribution in [0.5, 0.6) is 0 Å². The second-order valence-corrected chi connectivity index (χ2v) is 9.19. The lowest BCUT2D eigenvalue weighted by Crippen LogP contribution is -2.26. The summed E-state index contributed by atoms with van der Waals surface area (Å²) in [5, 5.41) is 3.36. The predicted octanol–water partition coefficient (Wildman–Crippen LogP) is 4.36. The number of hydrogen-bond donors (Lipinski definition) is 1. The largest absolute Gasteiger partial charge is 0.466 e. The standard InChI is InChI=1S/C21H31NO5S/c1-6-26-17(24)11-10-16(23)22-19-18(20(25)27-7-2)14-9-8-13(21(3,4)5)12-15(14)28-19/h13H,6-12H2,1-5H3,(H,22,23)/t13-/m1/s1. The number of carbonyl (C=O) groups excluding carboxylic acids is 3. The number of carbonyl (C=O) groups is 3. The second kappa shape index (κ2) is 9.54. The van der Waals surface area contributed by atoms with Gasteiger partial charge in [-0.2, -0.15) is 0 Å². The van der Waals surface area contributed by atoms with E-state index in [1.807, 2.05) is 0 Å². The molecule has 0 spiro atoms. The Labute approximate surface area is 171 Å². The summed E-state index contributed by atoms with van der Waals surface area (Å²) in [6.45, 7) is 10.8. The molecule has 1 atom stereocenters. The lowest BCUT2D eigenvalue weighted by Gasteiger charge is -2.33. The Balaban J connectivity index is 2.21. The van der Waals surface area contributed by atoms with E-state index in [0.717, 1.165) is 29.7 Å². The van der Waals surface area contributed by atoms with Gasteiger partial charge >= 0.3 is 11.9 Å². The van der Waals surface area contributed by atoms with Gasteiger partial charge in [0, 0.05) is 11.3 Å². The molecule has 0 aromatic carbocycles. The molecule has 1 aliphatic rings. The van der Waals surface area contributed by atoms with E-state index in [4.69, 9.17) is 9.47 Å². The van der Waals surface area contributed by atoms with Crippen molar-refractivity contribution in [3.63, 3.8) is 0 Å². The molecule has 0 radical (unpaired) electrons. The van der Waals surface area contributed by atoms with Crippen molar-refractivity contribution in [1.82, 2.24) is 0 Å². The van der Waals surface area contributed by atoms with Crippen molar-refractivity contribution in [1.29, 1.82) is 0 Å². The first-order valence-corrected chi connectivity index (χ1v) is 10.8. The van der Waals surface area contributed by atoms with E-state index in [2.05, 4.69) is 26.1 Å². The number of ether oxygens (including phenoxy) is 2. The van der Waals surface area contributed by atoms with Crippen LogP contribution in [0.4, 0.5) is 5.00 Å². The minimum absolute atomic E-state index is 0.0194. The predicted molar refractivity (Wildman–Crippen MR) is 110 cm³/mol. The lowest BCUT2D eigenvalue weighted by molar-refractivity contribution is -0.144. The van der Waals surface area contributed by atoms with Crippen LogP contribution in [0.15, 0.2) is 0 Å². The van der Waals surface area contributed by atoms with E-state index in [9.17, 15) is 14.4 Å². The molecule has 0 aliphatic heterocycles. The first kappa shape index (κ1) is 22.4. The summed E-state index contributed by atoms with van der Waals surface area (Å²) in [5.74, 6) is -0.567. The highest BCUT2D eigenvalue weighted by Gasteiger charge is 2.34. The first-order chi connectivity index (χ1) is 13.2. The summed E-state index contributed by atoms with van der Waals surface area (Å²) in [7, 11) is 0. The van der Waals surface area contributed by atoms with Gasteiger partial charge in [0.25, 0.3) is 0 Å². The van der Waals surface area contributed by atoms with Gasteiger partial charge in [0.15, 0.2) is 0 Å². The van der Waals surface area contributed by atoms with Gasteiger partial charge in [-0.1, -0.05) is 20.8 Å². The van der Waals surface area contributed by atoms with E-state index in [0.29, 0.717) is 23.1 Å². The normalized spacial score (nSPS) is 16.2. The van der Waals surface area contributed by atoms with E-state index < -0.39 is 11.9 Å². The van der Waals surface area contributed by atoms with Crippen LogP contribution in [-0.4, -0.2) is 31.1 Å². The van der Waals surface area contributed by atoms with Crippen LogP contribution in [0.3, 0.4) is 0 Å². The lowest BCUT2D eigenvalue weighted by atomic mass is 9.72. The van der Waals surface area contributed by atoms with Gasteiger partial charge in [-0.25, -0.2) is 4.79 Å². The highest BCUT2D eigenvalue weighted by atomic mass is 32.1. The van der Waals surface area contributed by atoms with Crippen molar-refractivity contribution in [3.8, 4) is 0 Å². The zero-order chi connectivity index (χ0) is 20.9. The fraction of sp³-hybridized carbons (Fsp3) is 0.667. The Hall–Kier alpha value is -1.89. The summed E-state index contributed by atoms with van der Waals surface area (Å²) in [5.41, 5.74) is 1.68. The first-order valence-electron chi connectivity index (χ1n) is 9.94. The smallest absolute Gasteiger partial charge is 0.341 e. The number of thiophene rings is 1. The quantitative estimate of drug-likeness (QED) is 0.677. The topological polar surface area (TPSA) is 81.7 Å². The van der Waals surface area contributed by atoms with Crippen LogP contribution in [0.2, 0.25) is 0 Å². The third-order valence-corrected chi connectivity index (χ3v) is 6.25. The molecular formula is C21H31NO5S. The van der Waals surface area contributed by atoms with Gasteiger partial charge < -0.3 is 14.8 Å². The van der Waals surface area contributed by atoms with Gasteiger partial charge in [0.05, 0.1) is 25.2 Å². The summed E-state index contributed by atoms with van der Waals surface area (Å²) in [4.78, 5) is 37.5. The molecule has 0 unspecified atom stereocenters. The number of nitrogens with one attached hydrogen (secondary N) is 1. The Morgan fingerprint density at radius 1 is 1.11 bits per heavy atom. The van der Waals surface area contributed by atoms with Gasteiger partial charge in [-0.15, -0.1) is 11.3 Å². The number of amides is 1. The van der Waals surface area contributed by atoms with Crippen molar-refractivity contribution in [2.24, 2.45) is 11.3 Å². The molecule has 1 aliphatic carbocycles.